The fraction of sp³-hybridized carbons (Fsp3) is 0.375. The van der Waals surface area contributed by atoms with Gasteiger partial charge in [-0.05, 0) is 12.1 Å². The molecule has 0 unspecified atom stereocenters. The van der Waals surface area contributed by atoms with Gasteiger partial charge in [0.05, 0.1) is 7.11 Å². The summed E-state index contributed by atoms with van der Waals surface area (Å²) in [6.45, 7) is 3.81. The molecule has 1 aromatic heterocycles. The zero-order valence-electron chi connectivity index (χ0n) is 13.0. The average Bonchev–Trinajstić information content (AvgIpc) is 2.62. The third-order valence-electron chi connectivity index (χ3n) is 3.93. The summed E-state index contributed by atoms with van der Waals surface area (Å²) in [5.74, 6) is 2.72. The van der Waals surface area contributed by atoms with E-state index in [1.54, 1.807) is 13.4 Å². The van der Waals surface area contributed by atoms with Gasteiger partial charge in [0.25, 0.3) is 0 Å². The fourth-order valence-corrected chi connectivity index (χ4v) is 2.66. The Balaban J connectivity index is 1.66. The van der Waals surface area contributed by atoms with Crippen LogP contribution in [0.25, 0.3) is 0 Å². The molecule has 0 bridgehead atoms. The highest BCUT2D eigenvalue weighted by atomic mass is 16.5. The molecule has 1 fully saturated rings. The molecule has 6 nitrogen and oxygen atoms in total. The highest BCUT2D eigenvalue weighted by Crippen LogP contribution is 2.23. The molecule has 22 heavy (non-hydrogen) atoms. The Bertz CT molecular complexity index is 570. The Morgan fingerprint density at radius 3 is 2.55 bits per heavy atom. The van der Waals surface area contributed by atoms with E-state index in [1.807, 2.05) is 25.2 Å². The van der Waals surface area contributed by atoms with Gasteiger partial charge in [-0.15, -0.1) is 0 Å². The summed E-state index contributed by atoms with van der Waals surface area (Å²) in [7, 11) is 3.57. The third kappa shape index (κ3) is 3.05. The van der Waals surface area contributed by atoms with E-state index in [0.717, 1.165) is 43.6 Å². The number of anilines is 3. The number of aromatic nitrogens is 2. The summed E-state index contributed by atoms with van der Waals surface area (Å²) < 4.78 is 5.30. The number of benzene rings is 1. The molecule has 1 N–H and O–H groups in total. The zero-order valence-corrected chi connectivity index (χ0v) is 13.0. The minimum absolute atomic E-state index is 0.847. The second-order valence-electron chi connectivity index (χ2n) is 5.19. The molecule has 1 aliphatic heterocycles. The number of rotatable bonds is 4. The maximum absolute atomic E-state index is 5.30. The summed E-state index contributed by atoms with van der Waals surface area (Å²) in [5, 5.41) is 3.05. The molecule has 0 aliphatic carbocycles. The molecule has 0 atom stereocenters. The molecule has 1 aliphatic rings. The van der Waals surface area contributed by atoms with Gasteiger partial charge in [0.2, 0.25) is 0 Å². The molecule has 0 radical (unpaired) electrons. The van der Waals surface area contributed by atoms with Crippen LogP contribution in [0, 0.1) is 0 Å². The molecule has 1 aromatic carbocycles. The van der Waals surface area contributed by atoms with E-state index >= 15 is 0 Å². The lowest BCUT2D eigenvalue weighted by atomic mass is 10.2. The second kappa shape index (κ2) is 6.51. The van der Waals surface area contributed by atoms with Crippen LogP contribution in [0.1, 0.15) is 0 Å². The minimum atomic E-state index is 0.847. The highest BCUT2D eigenvalue weighted by Gasteiger charge is 2.19. The number of piperazine rings is 1. The normalized spacial score (nSPS) is 14.8. The zero-order chi connectivity index (χ0) is 15.4. The number of nitrogens with zero attached hydrogens (tertiary/aromatic N) is 4. The van der Waals surface area contributed by atoms with Gasteiger partial charge in [0.15, 0.2) is 0 Å². The topological polar surface area (TPSA) is 53.5 Å². The number of hydrogen-bond acceptors (Lipinski definition) is 6. The average molecular weight is 299 g/mol. The van der Waals surface area contributed by atoms with Crippen LogP contribution in [0.3, 0.4) is 0 Å². The number of hydrogen-bond donors (Lipinski definition) is 1. The van der Waals surface area contributed by atoms with Crippen molar-refractivity contribution >= 4 is 17.3 Å². The molecular formula is C16H21N5O. The van der Waals surface area contributed by atoms with E-state index in [4.69, 9.17) is 4.74 Å². The summed E-state index contributed by atoms with van der Waals surface area (Å²) in [6, 6.07) is 10.2. The summed E-state index contributed by atoms with van der Waals surface area (Å²) >= 11 is 0. The Morgan fingerprint density at radius 2 is 1.82 bits per heavy atom. The van der Waals surface area contributed by atoms with Gasteiger partial charge in [0, 0.05) is 51.0 Å². The molecule has 0 spiro atoms. The highest BCUT2D eigenvalue weighted by molar-refractivity contribution is 5.54. The quantitative estimate of drug-likeness (QED) is 0.930. The standard InChI is InChI=1S/C16H21N5O/c1-17-15-11-16(19-12-18-15)21-8-6-20(7-9-21)13-4-3-5-14(10-13)22-2/h3-5,10-12H,6-9H2,1-2H3,(H,17,18,19). The number of nitrogens with one attached hydrogen (secondary N) is 1. The van der Waals surface area contributed by atoms with E-state index in [9.17, 15) is 0 Å². The van der Waals surface area contributed by atoms with Crippen LogP contribution in [-0.2, 0) is 0 Å². The number of ether oxygens (including phenoxy) is 1. The van der Waals surface area contributed by atoms with Crippen molar-refractivity contribution in [2.75, 3.05) is 55.5 Å². The van der Waals surface area contributed by atoms with Crippen molar-refractivity contribution < 1.29 is 4.74 Å². The first kappa shape index (κ1) is 14.4. The molecule has 1 saturated heterocycles. The van der Waals surface area contributed by atoms with E-state index in [2.05, 4.69) is 37.2 Å². The smallest absolute Gasteiger partial charge is 0.134 e. The molecule has 116 valence electrons. The van der Waals surface area contributed by atoms with Crippen LogP contribution >= 0.6 is 0 Å². The molecular weight excluding hydrogens is 278 g/mol. The second-order valence-corrected chi connectivity index (χ2v) is 5.19. The van der Waals surface area contributed by atoms with E-state index in [-0.39, 0.29) is 0 Å². The van der Waals surface area contributed by atoms with Crippen molar-refractivity contribution in [3.63, 3.8) is 0 Å². The Hall–Kier alpha value is -2.50. The first-order chi connectivity index (χ1) is 10.8. The van der Waals surface area contributed by atoms with E-state index in [1.165, 1.54) is 5.69 Å². The van der Waals surface area contributed by atoms with Crippen LogP contribution in [-0.4, -0.2) is 50.3 Å². The van der Waals surface area contributed by atoms with Crippen molar-refractivity contribution in [1.82, 2.24) is 9.97 Å². The molecule has 0 amide bonds. The van der Waals surface area contributed by atoms with E-state index < -0.39 is 0 Å². The van der Waals surface area contributed by atoms with Crippen LogP contribution < -0.4 is 19.9 Å². The van der Waals surface area contributed by atoms with Crippen LogP contribution in [0.5, 0.6) is 5.75 Å². The van der Waals surface area contributed by atoms with Crippen LogP contribution in [0.2, 0.25) is 0 Å². The van der Waals surface area contributed by atoms with Gasteiger partial charge in [-0.2, -0.15) is 0 Å². The molecule has 0 saturated carbocycles. The van der Waals surface area contributed by atoms with Crippen molar-refractivity contribution in [1.29, 1.82) is 0 Å². The third-order valence-corrected chi connectivity index (χ3v) is 3.93. The predicted molar refractivity (Wildman–Crippen MR) is 89.0 cm³/mol. The van der Waals surface area contributed by atoms with Gasteiger partial charge >= 0.3 is 0 Å². The fourth-order valence-electron chi connectivity index (χ4n) is 2.66. The van der Waals surface area contributed by atoms with Gasteiger partial charge in [-0.3, -0.25) is 0 Å². The summed E-state index contributed by atoms with van der Waals surface area (Å²) in [4.78, 5) is 13.2. The van der Waals surface area contributed by atoms with Crippen molar-refractivity contribution in [2.45, 2.75) is 0 Å². The monoisotopic (exact) mass is 299 g/mol. The van der Waals surface area contributed by atoms with Gasteiger partial charge < -0.3 is 19.9 Å². The first-order valence-corrected chi connectivity index (χ1v) is 7.44. The first-order valence-electron chi connectivity index (χ1n) is 7.44. The van der Waals surface area contributed by atoms with Gasteiger partial charge in [0.1, 0.15) is 23.7 Å². The number of methoxy groups -OCH3 is 1. The SMILES string of the molecule is CNc1cc(N2CCN(c3cccc(OC)c3)CC2)ncn1. The Labute approximate surface area is 130 Å². The molecule has 6 heteroatoms. The maximum atomic E-state index is 5.30. The van der Waals surface area contributed by atoms with Crippen molar-refractivity contribution in [3.8, 4) is 5.75 Å². The Kier molecular flexibility index (Phi) is 4.27. The largest absolute Gasteiger partial charge is 0.497 e. The lowest BCUT2D eigenvalue weighted by molar-refractivity contribution is 0.414. The summed E-state index contributed by atoms with van der Waals surface area (Å²) in [6.07, 6.45) is 1.61. The van der Waals surface area contributed by atoms with Crippen molar-refractivity contribution in [2.24, 2.45) is 0 Å². The Morgan fingerprint density at radius 1 is 1.05 bits per heavy atom. The molecule has 3 rings (SSSR count). The molecule has 2 heterocycles. The van der Waals surface area contributed by atoms with Crippen molar-refractivity contribution in [3.05, 3.63) is 36.7 Å². The minimum Gasteiger partial charge on any atom is -0.497 e. The van der Waals surface area contributed by atoms with Crippen LogP contribution in [0.4, 0.5) is 17.3 Å². The molecule has 2 aromatic rings. The maximum Gasteiger partial charge on any atom is 0.134 e. The van der Waals surface area contributed by atoms with Gasteiger partial charge in [-0.25, -0.2) is 9.97 Å². The lowest BCUT2D eigenvalue weighted by Crippen LogP contribution is -2.46. The van der Waals surface area contributed by atoms with E-state index in [0.29, 0.717) is 0 Å². The summed E-state index contributed by atoms with van der Waals surface area (Å²) in [5.41, 5.74) is 1.21. The lowest BCUT2D eigenvalue weighted by Gasteiger charge is -2.36. The van der Waals surface area contributed by atoms with Crippen LogP contribution in [0.15, 0.2) is 36.7 Å². The van der Waals surface area contributed by atoms with Gasteiger partial charge in [-0.1, -0.05) is 6.07 Å². The predicted octanol–water partition coefficient (Wildman–Crippen LogP) is 1.85.